The minimum absolute atomic E-state index is 0.0405. The molecule has 1 aromatic carbocycles. The minimum Gasteiger partial charge on any atom is -0.342 e. The van der Waals surface area contributed by atoms with Crippen LogP contribution in [0.15, 0.2) is 24.3 Å². The van der Waals surface area contributed by atoms with Crippen molar-refractivity contribution in [1.82, 2.24) is 9.80 Å². The largest absolute Gasteiger partial charge is 0.416 e. The molecule has 1 aromatic rings. The minimum atomic E-state index is -4.39. The van der Waals surface area contributed by atoms with Crippen molar-refractivity contribution in [2.75, 3.05) is 26.7 Å². The number of alkyl halides is 3. The van der Waals surface area contributed by atoms with Crippen molar-refractivity contribution in [2.24, 2.45) is 0 Å². The Bertz CT molecular complexity index is 537. The molecule has 0 fully saturated rings. The van der Waals surface area contributed by atoms with E-state index in [0.29, 0.717) is 18.7 Å². The summed E-state index contributed by atoms with van der Waals surface area (Å²) >= 11 is 0. The van der Waals surface area contributed by atoms with Gasteiger partial charge in [0.15, 0.2) is 0 Å². The zero-order valence-corrected chi connectivity index (χ0v) is 13.5. The highest BCUT2D eigenvalue weighted by Gasteiger charge is 2.30. The predicted octanol–water partition coefficient (Wildman–Crippen LogP) is 2.57. The maximum Gasteiger partial charge on any atom is 0.416 e. The molecule has 7 heteroatoms. The van der Waals surface area contributed by atoms with Crippen molar-refractivity contribution in [3.8, 4) is 0 Å². The number of carbonyl (C=O) groups excluding carboxylic acids is 2. The molecule has 0 bridgehead atoms. The first-order valence-corrected chi connectivity index (χ1v) is 7.36. The molecule has 0 unspecified atom stereocenters. The first-order chi connectivity index (χ1) is 10.7. The van der Waals surface area contributed by atoms with E-state index in [-0.39, 0.29) is 24.8 Å². The molecule has 23 heavy (non-hydrogen) atoms. The Morgan fingerprint density at radius 2 is 1.52 bits per heavy atom. The molecule has 1 rings (SSSR count). The van der Waals surface area contributed by atoms with E-state index in [9.17, 15) is 22.8 Å². The Kier molecular flexibility index (Phi) is 6.60. The van der Waals surface area contributed by atoms with Crippen molar-refractivity contribution >= 4 is 11.8 Å². The number of amides is 2. The molecule has 0 heterocycles. The molecule has 0 N–H and O–H groups in total. The summed E-state index contributed by atoms with van der Waals surface area (Å²) in [5.74, 6) is -0.469. The van der Waals surface area contributed by atoms with Gasteiger partial charge in [-0.25, -0.2) is 0 Å². The maximum atomic E-state index is 12.5. The van der Waals surface area contributed by atoms with E-state index in [4.69, 9.17) is 0 Å². The predicted molar refractivity (Wildman–Crippen MR) is 80.7 cm³/mol. The summed E-state index contributed by atoms with van der Waals surface area (Å²) in [5, 5.41) is 0. The molecule has 0 spiro atoms. The highest BCUT2D eigenvalue weighted by molar-refractivity contribution is 5.85. The fraction of sp³-hybridized carbons (Fsp3) is 0.500. The van der Waals surface area contributed by atoms with E-state index in [0.717, 1.165) is 12.1 Å². The van der Waals surface area contributed by atoms with E-state index in [1.807, 2.05) is 13.8 Å². The molecule has 128 valence electrons. The Morgan fingerprint density at radius 3 is 1.96 bits per heavy atom. The summed E-state index contributed by atoms with van der Waals surface area (Å²) in [4.78, 5) is 26.9. The van der Waals surface area contributed by atoms with Crippen molar-refractivity contribution in [1.29, 1.82) is 0 Å². The summed E-state index contributed by atoms with van der Waals surface area (Å²) in [6.07, 6.45) is -4.43. The molecule has 4 nitrogen and oxygen atoms in total. The van der Waals surface area contributed by atoms with Crippen LogP contribution in [-0.4, -0.2) is 48.3 Å². The van der Waals surface area contributed by atoms with Crippen LogP contribution in [0.25, 0.3) is 0 Å². The number of likely N-dealkylation sites (N-methyl/N-ethyl adjacent to an activating group) is 2. The van der Waals surface area contributed by atoms with Crippen LogP contribution in [-0.2, 0) is 22.2 Å². The number of benzene rings is 1. The molecule has 0 aliphatic rings. The molecule has 0 aliphatic carbocycles. The van der Waals surface area contributed by atoms with Gasteiger partial charge in [0.1, 0.15) is 0 Å². The molecular formula is C16H21F3N2O2. The van der Waals surface area contributed by atoms with Crippen LogP contribution >= 0.6 is 0 Å². The lowest BCUT2D eigenvalue weighted by Gasteiger charge is -2.23. The first kappa shape index (κ1) is 19.0. The van der Waals surface area contributed by atoms with Gasteiger partial charge in [-0.3, -0.25) is 9.59 Å². The third kappa shape index (κ3) is 5.58. The van der Waals surface area contributed by atoms with Crippen LogP contribution in [0.1, 0.15) is 25.0 Å². The SMILES string of the molecule is CCN(CC)C(=O)CN(C)C(=O)Cc1ccc(C(F)(F)F)cc1. The number of carbonyl (C=O) groups is 2. The van der Waals surface area contributed by atoms with Crippen molar-refractivity contribution in [3.05, 3.63) is 35.4 Å². The van der Waals surface area contributed by atoms with Crippen molar-refractivity contribution in [2.45, 2.75) is 26.4 Å². The average molecular weight is 330 g/mol. The molecule has 0 aliphatic heterocycles. The van der Waals surface area contributed by atoms with Gasteiger partial charge in [-0.05, 0) is 31.5 Å². The van der Waals surface area contributed by atoms with Gasteiger partial charge in [-0.1, -0.05) is 12.1 Å². The van der Waals surface area contributed by atoms with Crippen LogP contribution in [0.2, 0.25) is 0 Å². The number of hydrogen-bond donors (Lipinski definition) is 0. The van der Waals surface area contributed by atoms with Gasteiger partial charge in [0.2, 0.25) is 11.8 Å². The topological polar surface area (TPSA) is 40.6 Å². The van der Waals surface area contributed by atoms with Crippen LogP contribution in [0.3, 0.4) is 0 Å². The molecule has 0 aromatic heterocycles. The zero-order valence-electron chi connectivity index (χ0n) is 13.5. The van der Waals surface area contributed by atoms with Crippen LogP contribution in [0, 0.1) is 0 Å². The third-order valence-electron chi connectivity index (χ3n) is 3.55. The highest BCUT2D eigenvalue weighted by atomic mass is 19.4. The van der Waals surface area contributed by atoms with E-state index in [2.05, 4.69) is 0 Å². The molecule has 0 radical (unpaired) electrons. The van der Waals surface area contributed by atoms with E-state index in [1.165, 1.54) is 24.1 Å². The summed E-state index contributed by atoms with van der Waals surface area (Å²) in [5.41, 5.74) is -0.274. The Balaban J connectivity index is 2.63. The van der Waals surface area contributed by atoms with Gasteiger partial charge in [-0.2, -0.15) is 13.2 Å². The van der Waals surface area contributed by atoms with Gasteiger partial charge in [0, 0.05) is 20.1 Å². The fourth-order valence-electron chi connectivity index (χ4n) is 2.09. The first-order valence-electron chi connectivity index (χ1n) is 7.36. The quantitative estimate of drug-likeness (QED) is 0.804. The molecule has 0 atom stereocenters. The van der Waals surface area contributed by atoms with E-state index < -0.39 is 11.7 Å². The molecule has 0 saturated carbocycles. The monoisotopic (exact) mass is 330 g/mol. The van der Waals surface area contributed by atoms with Crippen LogP contribution in [0.4, 0.5) is 13.2 Å². The van der Waals surface area contributed by atoms with Gasteiger partial charge < -0.3 is 9.80 Å². The van der Waals surface area contributed by atoms with Crippen molar-refractivity contribution in [3.63, 3.8) is 0 Å². The summed E-state index contributed by atoms with van der Waals surface area (Å²) in [6, 6.07) is 4.45. The second kappa shape index (κ2) is 7.99. The second-order valence-corrected chi connectivity index (χ2v) is 5.19. The Hall–Kier alpha value is -2.05. The third-order valence-corrected chi connectivity index (χ3v) is 3.55. The summed E-state index contributed by atoms with van der Waals surface area (Å²) in [6.45, 7) is 4.80. The smallest absolute Gasteiger partial charge is 0.342 e. The standard InChI is InChI=1S/C16H21F3N2O2/c1-4-21(5-2)15(23)11-20(3)14(22)10-12-6-8-13(9-7-12)16(17,18)19/h6-9H,4-5,10-11H2,1-3H3. The number of hydrogen-bond acceptors (Lipinski definition) is 2. The molecule has 2 amide bonds. The van der Waals surface area contributed by atoms with E-state index in [1.54, 1.807) is 4.90 Å². The molecule has 0 saturated heterocycles. The zero-order chi connectivity index (χ0) is 17.6. The normalized spacial score (nSPS) is 11.2. The number of nitrogens with zero attached hydrogens (tertiary/aromatic N) is 2. The highest BCUT2D eigenvalue weighted by Crippen LogP contribution is 2.29. The summed E-state index contributed by atoms with van der Waals surface area (Å²) in [7, 11) is 1.51. The Morgan fingerprint density at radius 1 is 1.00 bits per heavy atom. The van der Waals surface area contributed by atoms with Crippen LogP contribution in [0.5, 0.6) is 0 Å². The van der Waals surface area contributed by atoms with Gasteiger partial charge in [0.05, 0.1) is 18.5 Å². The lowest BCUT2D eigenvalue weighted by molar-refractivity contribution is -0.138. The van der Waals surface area contributed by atoms with Gasteiger partial charge >= 0.3 is 6.18 Å². The lowest BCUT2D eigenvalue weighted by Crippen LogP contribution is -2.41. The molecular weight excluding hydrogens is 309 g/mol. The summed E-state index contributed by atoms with van der Waals surface area (Å²) < 4.78 is 37.4. The van der Waals surface area contributed by atoms with Gasteiger partial charge in [-0.15, -0.1) is 0 Å². The van der Waals surface area contributed by atoms with Gasteiger partial charge in [0.25, 0.3) is 0 Å². The average Bonchev–Trinajstić information content (AvgIpc) is 2.48. The number of rotatable bonds is 6. The second-order valence-electron chi connectivity index (χ2n) is 5.19. The van der Waals surface area contributed by atoms with Crippen LogP contribution < -0.4 is 0 Å². The van der Waals surface area contributed by atoms with Crippen molar-refractivity contribution < 1.29 is 22.8 Å². The fourth-order valence-corrected chi connectivity index (χ4v) is 2.09. The lowest BCUT2D eigenvalue weighted by atomic mass is 10.1. The number of halogens is 3. The maximum absolute atomic E-state index is 12.5. The Labute approximate surface area is 133 Å². The van der Waals surface area contributed by atoms with E-state index >= 15 is 0 Å².